The predicted octanol–water partition coefficient (Wildman–Crippen LogP) is 4.25. The highest BCUT2D eigenvalue weighted by molar-refractivity contribution is 5.82. The first-order chi connectivity index (χ1) is 11.4. The number of benzene rings is 1. The summed E-state index contributed by atoms with van der Waals surface area (Å²) in [6.07, 6.45) is 6.70. The minimum atomic E-state index is -0.295. The zero-order valence-electron chi connectivity index (χ0n) is 15.1. The van der Waals surface area contributed by atoms with E-state index in [9.17, 15) is 4.79 Å². The van der Waals surface area contributed by atoms with Crippen LogP contribution in [0.3, 0.4) is 0 Å². The molecular weight excluding hydrogens is 300 g/mol. The van der Waals surface area contributed by atoms with E-state index >= 15 is 0 Å². The van der Waals surface area contributed by atoms with Gasteiger partial charge in [0.2, 0.25) is 0 Å². The van der Waals surface area contributed by atoms with Crippen LogP contribution in [-0.4, -0.2) is 23.8 Å². The fraction of sp³-hybridized carbons (Fsp3) is 0.571. The van der Waals surface area contributed by atoms with Gasteiger partial charge in [-0.3, -0.25) is 0 Å². The molecule has 3 atom stereocenters. The van der Waals surface area contributed by atoms with Crippen LogP contribution in [-0.2, 0) is 14.9 Å². The Morgan fingerprint density at radius 1 is 1.29 bits per heavy atom. The Balaban J connectivity index is 2.15. The molecule has 132 valence electrons. The van der Waals surface area contributed by atoms with Crippen LogP contribution in [0.4, 0.5) is 0 Å². The molecule has 0 saturated heterocycles. The van der Waals surface area contributed by atoms with Gasteiger partial charge in [-0.2, -0.15) is 0 Å². The second kappa shape index (κ2) is 8.48. The molecule has 1 aliphatic carbocycles. The SMILES string of the molecule is C[C@@H]1CC[C@@H](C(C)(C)c2ccccc2)[C@H](OC(=O)/C=C/CCO)C1. The molecule has 0 radical (unpaired) electrons. The normalized spacial score (nSPS) is 24.9. The summed E-state index contributed by atoms with van der Waals surface area (Å²) in [4.78, 5) is 12.1. The maximum Gasteiger partial charge on any atom is 0.330 e. The Labute approximate surface area is 145 Å². The fourth-order valence-electron chi connectivity index (χ4n) is 3.81. The summed E-state index contributed by atoms with van der Waals surface area (Å²) >= 11 is 0. The van der Waals surface area contributed by atoms with Crippen LogP contribution >= 0.6 is 0 Å². The molecule has 0 spiro atoms. The number of esters is 1. The van der Waals surface area contributed by atoms with E-state index in [-0.39, 0.29) is 24.1 Å². The van der Waals surface area contributed by atoms with Crippen molar-refractivity contribution in [3.05, 3.63) is 48.0 Å². The molecule has 0 unspecified atom stereocenters. The van der Waals surface area contributed by atoms with Gasteiger partial charge in [0, 0.05) is 18.6 Å². The number of carbonyl (C=O) groups is 1. The lowest BCUT2D eigenvalue weighted by atomic mass is 9.64. The number of hydrogen-bond acceptors (Lipinski definition) is 3. The van der Waals surface area contributed by atoms with Crippen molar-refractivity contribution in [2.24, 2.45) is 11.8 Å². The molecule has 0 bridgehead atoms. The molecule has 1 fully saturated rings. The number of rotatable bonds is 6. The standard InChI is InChI=1S/C21H30O3/c1-16-12-13-18(21(2,3)17-9-5-4-6-10-17)19(15-16)24-20(23)11-7-8-14-22/h4-7,9-11,16,18-19,22H,8,12-15H2,1-3H3/b11-7+/t16-,18-,19-/m1/s1. The van der Waals surface area contributed by atoms with Gasteiger partial charge in [-0.05, 0) is 36.2 Å². The summed E-state index contributed by atoms with van der Waals surface area (Å²) in [5.41, 5.74) is 1.25. The van der Waals surface area contributed by atoms with Gasteiger partial charge in [0.15, 0.2) is 0 Å². The smallest absolute Gasteiger partial charge is 0.330 e. The maximum absolute atomic E-state index is 12.1. The molecule has 0 heterocycles. The van der Waals surface area contributed by atoms with Crippen molar-refractivity contribution in [3.8, 4) is 0 Å². The van der Waals surface area contributed by atoms with Gasteiger partial charge in [-0.15, -0.1) is 0 Å². The van der Waals surface area contributed by atoms with Crippen molar-refractivity contribution in [2.75, 3.05) is 6.61 Å². The predicted molar refractivity (Wildman–Crippen MR) is 96.7 cm³/mol. The van der Waals surface area contributed by atoms with E-state index in [0.29, 0.717) is 18.3 Å². The second-order valence-corrected chi connectivity index (χ2v) is 7.50. The molecule has 3 nitrogen and oxygen atoms in total. The second-order valence-electron chi connectivity index (χ2n) is 7.50. The van der Waals surface area contributed by atoms with E-state index in [4.69, 9.17) is 9.84 Å². The topological polar surface area (TPSA) is 46.5 Å². The van der Waals surface area contributed by atoms with E-state index in [1.807, 2.05) is 6.07 Å². The molecule has 1 saturated carbocycles. The van der Waals surface area contributed by atoms with E-state index in [1.165, 1.54) is 18.1 Å². The van der Waals surface area contributed by atoms with E-state index in [2.05, 4.69) is 45.0 Å². The lowest BCUT2D eigenvalue weighted by molar-refractivity contribution is -0.150. The van der Waals surface area contributed by atoms with Gasteiger partial charge >= 0.3 is 5.97 Å². The van der Waals surface area contributed by atoms with Crippen LogP contribution in [0, 0.1) is 11.8 Å². The highest BCUT2D eigenvalue weighted by atomic mass is 16.5. The van der Waals surface area contributed by atoms with Crippen LogP contribution in [0.5, 0.6) is 0 Å². The van der Waals surface area contributed by atoms with E-state index < -0.39 is 0 Å². The number of aliphatic hydroxyl groups excluding tert-OH is 1. The summed E-state index contributed by atoms with van der Waals surface area (Å²) in [5, 5.41) is 8.81. The third kappa shape index (κ3) is 4.70. The van der Waals surface area contributed by atoms with Crippen LogP contribution in [0.25, 0.3) is 0 Å². The van der Waals surface area contributed by atoms with Crippen LogP contribution in [0.15, 0.2) is 42.5 Å². The Morgan fingerprint density at radius 2 is 2.00 bits per heavy atom. The molecule has 3 heteroatoms. The molecular formula is C21H30O3. The van der Waals surface area contributed by atoms with Crippen LogP contribution in [0.2, 0.25) is 0 Å². The Morgan fingerprint density at radius 3 is 2.67 bits per heavy atom. The maximum atomic E-state index is 12.1. The van der Waals surface area contributed by atoms with Crippen molar-refractivity contribution in [1.82, 2.24) is 0 Å². The van der Waals surface area contributed by atoms with Crippen molar-refractivity contribution < 1.29 is 14.6 Å². The summed E-state index contributed by atoms with van der Waals surface area (Å²) in [6.45, 7) is 6.79. The molecule has 1 aliphatic rings. The van der Waals surface area contributed by atoms with Gasteiger partial charge in [0.25, 0.3) is 0 Å². The Bertz CT molecular complexity index is 547. The van der Waals surface area contributed by atoms with E-state index in [0.717, 1.165) is 12.8 Å². The zero-order valence-corrected chi connectivity index (χ0v) is 15.1. The minimum absolute atomic E-state index is 0.0405. The third-order valence-corrected chi connectivity index (χ3v) is 5.32. The lowest BCUT2D eigenvalue weighted by Gasteiger charge is -2.43. The first kappa shape index (κ1) is 18.7. The number of carbonyl (C=O) groups excluding carboxylic acids is 1. The molecule has 24 heavy (non-hydrogen) atoms. The number of aliphatic hydroxyl groups is 1. The number of ether oxygens (including phenoxy) is 1. The average Bonchev–Trinajstić information content (AvgIpc) is 2.56. The van der Waals surface area contributed by atoms with Crippen molar-refractivity contribution in [3.63, 3.8) is 0 Å². The molecule has 2 rings (SSSR count). The lowest BCUT2D eigenvalue weighted by Crippen LogP contribution is -2.43. The monoisotopic (exact) mass is 330 g/mol. The summed E-state index contributed by atoms with van der Waals surface area (Å²) in [6, 6.07) is 10.5. The van der Waals surface area contributed by atoms with Crippen LogP contribution in [0.1, 0.15) is 52.0 Å². The molecule has 0 aromatic heterocycles. The largest absolute Gasteiger partial charge is 0.459 e. The van der Waals surface area contributed by atoms with Gasteiger partial charge < -0.3 is 9.84 Å². The fourth-order valence-corrected chi connectivity index (χ4v) is 3.81. The molecule has 0 aliphatic heterocycles. The first-order valence-electron chi connectivity index (χ1n) is 8.98. The summed E-state index contributed by atoms with van der Waals surface area (Å²) < 4.78 is 5.82. The highest BCUT2D eigenvalue weighted by Gasteiger charge is 2.41. The summed E-state index contributed by atoms with van der Waals surface area (Å²) in [7, 11) is 0. The van der Waals surface area contributed by atoms with Crippen molar-refractivity contribution in [1.29, 1.82) is 0 Å². The first-order valence-corrected chi connectivity index (χ1v) is 8.98. The zero-order chi connectivity index (χ0) is 17.6. The van der Waals surface area contributed by atoms with Gasteiger partial charge in [-0.25, -0.2) is 4.79 Å². The highest BCUT2D eigenvalue weighted by Crippen LogP contribution is 2.43. The molecule has 0 amide bonds. The molecule has 1 N–H and O–H groups in total. The van der Waals surface area contributed by atoms with Gasteiger partial charge in [0.05, 0.1) is 0 Å². The third-order valence-electron chi connectivity index (χ3n) is 5.32. The molecule has 1 aromatic rings. The quantitative estimate of drug-likeness (QED) is 0.626. The van der Waals surface area contributed by atoms with E-state index in [1.54, 1.807) is 6.08 Å². The Hall–Kier alpha value is -1.61. The average molecular weight is 330 g/mol. The Kier molecular flexibility index (Phi) is 6.61. The van der Waals surface area contributed by atoms with Gasteiger partial charge in [0.1, 0.15) is 6.10 Å². The minimum Gasteiger partial charge on any atom is -0.459 e. The van der Waals surface area contributed by atoms with Crippen LogP contribution < -0.4 is 0 Å². The van der Waals surface area contributed by atoms with Gasteiger partial charge in [-0.1, -0.05) is 63.6 Å². The number of hydrogen-bond donors (Lipinski definition) is 1. The molecule has 1 aromatic carbocycles. The van der Waals surface area contributed by atoms with Crippen molar-refractivity contribution >= 4 is 5.97 Å². The van der Waals surface area contributed by atoms with Crippen molar-refractivity contribution in [2.45, 2.75) is 58.0 Å². The summed E-state index contributed by atoms with van der Waals surface area (Å²) in [5.74, 6) is 0.592.